The van der Waals surface area contributed by atoms with E-state index in [1.165, 1.54) is 24.0 Å². The number of rotatable bonds is 5. The first kappa shape index (κ1) is 16.1. The summed E-state index contributed by atoms with van der Waals surface area (Å²) >= 11 is 0. The molecule has 0 fully saturated rings. The molecule has 1 aromatic heterocycles. The lowest BCUT2D eigenvalue weighted by atomic mass is 9.88. The van der Waals surface area contributed by atoms with Gasteiger partial charge in [0.05, 0.1) is 12.3 Å². The molecule has 1 N–H and O–H groups in total. The Hall–Kier alpha value is -2.82. The average molecular weight is 325 g/mol. The van der Waals surface area contributed by atoms with Crippen LogP contribution < -0.4 is 5.32 Å². The minimum Gasteiger partial charge on any atom is -0.465 e. The van der Waals surface area contributed by atoms with Gasteiger partial charge in [-0.1, -0.05) is 24.3 Å². The number of carbonyl (C=O) groups excluding carboxylic acids is 2. The molecule has 5 nitrogen and oxygen atoms in total. The lowest BCUT2D eigenvalue weighted by Gasteiger charge is -2.26. The summed E-state index contributed by atoms with van der Waals surface area (Å²) in [7, 11) is 0. The summed E-state index contributed by atoms with van der Waals surface area (Å²) in [5.74, 6) is -0.322. The van der Waals surface area contributed by atoms with Crippen molar-refractivity contribution in [3.8, 4) is 0 Å². The Balaban J connectivity index is 1.49. The van der Waals surface area contributed by atoms with Gasteiger partial charge in [0.15, 0.2) is 6.61 Å². The van der Waals surface area contributed by atoms with Crippen LogP contribution in [0.15, 0.2) is 53.2 Å². The molecule has 24 heavy (non-hydrogen) atoms. The number of nitrogens with one attached hydrogen (secondary N) is 1. The van der Waals surface area contributed by atoms with Crippen molar-refractivity contribution in [3.05, 3.63) is 65.6 Å². The number of carbonyl (C=O) groups is 2. The van der Waals surface area contributed by atoms with Crippen molar-refractivity contribution in [2.75, 3.05) is 6.61 Å². The quantitative estimate of drug-likeness (QED) is 0.678. The van der Waals surface area contributed by atoms with Crippen molar-refractivity contribution in [2.24, 2.45) is 0 Å². The van der Waals surface area contributed by atoms with E-state index in [2.05, 4.69) is 11.4 Å². The Morgan fingerprint density at radius 1 is 1.25 bits per heavy atom. The highest BCUT2D eigenvalue weighted by Gasteiger charge is 2.21. The second-order valence-corrected chi connectivity index (χ2v) is 5.67. The van der Waals surface area contributed by atoms with E-state index in [-0.39, 0.29) is 18.6 Å². The third-order valence-corrected chi connectivity index (χ3v) is 3.98. The zero-order valence-corrected chi connectivity index (χ0v) is 13.2. The Kier molecular flexibility index (Phi) is 5.11. The van der Waals surface area contributed by atoms with E-state index in [1.54, 1.807) is 12.1 Å². The third kappa shape index (κ3) is 4.13. The molecule has 1 amide bonds. The minimum atomic E-state index is -0.578. The van der Waals surface area contributed by atoms with E-state index in [1.807, 2.05) is 18.2 Å². The molecule has 1 heterocycles. The Labute approximate surface area is 140 Å². The van der Waals surface area contributed by atoms with Crippen LogP contribution in [-0.4, -0.2) is 18.5 Å². The fourth-order valence-electron chi connectivity index (χ4n) is 2.86. The fourth-order valence-corrected chi connectivity index (χ4v) is 2.86. The maximum atomic E-state index is 12.0. The number of amides is 1. The topological polar surface area (TPSA) is 68.5 Å². The van der Waals surface area contributed by atoms with Crippen molar-refractivity contribution in [3.63, 3.8) is 0 Å². The van der Waals surface area contributed by atoms with Crippen LogP contribution in [0, 0.1) is 0 Å². The smallest absolute Gasteiger partial charge is 0.331 e. The molecule has 0 bridgehead atoms. The van der Waals surface area contributed by atoms with Gasteiger partial charge in [-0.05, 0) is 48.6 Å². The number of ether oxygens (including phenoxy) is 1. The summed E-state index contributed by atoms with van der Waals surface area (Å²) in [6.45, 7) is -0.292. The van der Waals surface area contributed by atoms with Crippen molar-refractivity contribution in [1.29, 1.82) is 0 Å². The second kappa shape index (κ2) is 7.64. The van der Waals surface area contributed by atoms with Gasteiger partial charge < -0.3 is 14.5 Å². The van der Waals surface area contributed by atoms with E-state index in [9.17, 15) is 9.59 Å². The normalized spacial score (nSPS) is 16.6. The molecule has 1 aromatic carbocycles. The molecule has 1 aliphatic carbocycles. The number of benzene rings is 1. The van der Waals surface area contributed by atoms with Crippen LogP contribution >= 0.6 is 0 Å². The molecule has 0 saturated heterocycles. The van der Waals surface area contributed by atoms with Gasteiger partial charge in [0.2, 0.25) is 0 Å². The molecule has 0 radical (unpaired) electrons. The van der Waals surface area contributed by atoms with Gasteiger partial charge in [0, 0.05) is 6.08 Å². The molecular formula is C19H19NO4. The summed E-state index contributed by atoms with van der Waals surface area (Å²) in [5.41, 5.74) is 2.42. The SMILES string of the molecule is O=C(COC(=O)/C=C/c1ccco1)NC1CCCc2ccccc21. The van der Waals surface area contributed by atoms with Crippen molar-refractivity contribution in [1.82, 2.24) is 5.32 Å². The molecule has 0 aliphatic heterocycles. The molecular weight excluding hydrogens is 306 g/mol. The first-order chi connectivity index (χ1) is 11.7. The van der Waals surface area contributed by atoms with Gasteiger partial charge in [0.25, 0.3) is 5.91 Å². The fraction of sp³-hybridized carbons (Fsp3) is 0.263. The van der Waals surface area contributed by atoms with E-state index < -0.39 is 5.97 Å². The molecule has 5 heteroatoms. The average Bonchev–Trinajstić information content (AvgIpc) is 3.12. The summed E-state index contributed by atoms with van der Waals surface area (Å²) in [4.78, 5) is 23.6. The number of hydrogen-bond donors (Lipinski definition) is 1. The van der Waals surface area contributed by atoms with Gasteiger partial charge in [-0.3, -0.25) is 4.79 Å². The van der Waals surface area contributed by atoms with Gasteiger partial charge in [-0.2, -0.15) is 0 Å². The zero-order valence-electron chi connectivity index (χ0n) is 13.2. The van der Waals surface area contributed by atoms with E-state index in [0.29, 0.717) is 5.76 Å². The number of fused-ring (bicyclic) bond motifs is 1. The van der Waals surface area contributed by atoms with Gasteiger partial charge in [0.1, 0.15) is 5.76 Å². The monoisotopic (exact) mass is 325 g/mol. The molecule has 1 unspecified atom stereocenters. The summed E-state index contributed by atoms with van der Waals surface area (Å²) < 4.78 is 10.0. The first-order valence-corrected chi connectivity index (χ1v) is 7.98. The highest BCUT2D eigenvalue weighted by Crippen LogP contribution is 2.29. The van der Waals surface area contributed by atoms with E-state index >= 15 is 0 Å². The van der Waals surface area contributed by atoms with Crippen LogP contribution in [0.1, 0.15) is 35.8 Å². The summed E-state index contributed by atoms with van der Waals surface area (Å²) in [5, 5.41) is 2.94. The largest absolute Gasteiger partial charge is 0.465 e. The predicted molar refractivity (Wildman–Crippen MR) is 89.0 cm³/mol. The highest BCUT2D eigenvalue weighted by molar-refractivity contribution is 5.89. The molecule has 0 saturated carbocycles. The Bertz CT molecular complexity index is 734. The van der Waals surface area contributed by atoms with Crippen LogP contribution in [-0.2, 0) is 20.7 Å². The van der Waals surface area contributed by atoms with Crippen LogP contribution in [0.25, 0.3) is 6.08 Å². The van der Waals surface area contributed by atoms with Crippen LogP contribution in [0.2, 0.25) is 0 Å². The lowest BCUT2D eigenvalue weighted by Crippen LogP contribution is -2.34. The molecule has 1 aliphatic rings. The first-order valence-electron chi connectivity index (χ1n) is 7.98. The van der Waals surface area contributed by atoms with E-state index in [4.69, 9.17) is 9.15 Å². The highest BCUT2D eigenvalue weighted by atomic mass is 16.5. The molecule has 1 atom stereocenters. The number of furan rings is 1. The maximum Gasteiger partial charge on any atom is 0.331 e. The van der Waals surface area contributed by atoms with Gasteiger partial charge >= 0.3 is 5.97 Å². The Morgan fingerprint density at radius 2 is 2.12 bits per heavy atom. The van der Waals surface area contributed by atoms with Crippen LogP contribution in [0.4, 0.5) is 0 Å². The maximum absolute atomic E-state index is 12.0. The summed E-state index contributed by atoms with van der Waals surface area (Å²) in [6.07, 6.45) is 7.22. The number of esters is 1. The van der Waals surface area contributed by atoms with E-state index in [0.717, 1.165) is 24.8 Å². The van der Waals surface area contributed by atoms with Crippen molar-refractivity contribution in [2.45, 2.75) is 25.3 Å². The zero-order chi connectivity index (χ0) is 16.8. The molecule has 3 rings (SSSR count). The third-order valence-electron chi connectivity index (χ3n) is 3.98. The lowest BCUT2D eigenvalue weighted by molar-refractivity contribution is -0.144. The van der Waals surface area contributed by atoms with Crippen molar-refractivity contribution < 1.29 is 18.7 Å². The standard InChI is InChI=1S/C19H19NO4/c21-18(13-24-19(22)11-10-15-7-4-12-23-15)20-17-9-3-6-14-5-1-2-8-16(14)17/h1-2,4-5,7-8,10-12,17H,3,6,9,13H2,(H,20,21)/b11-10+. The molecule has 124 valence electrons. The predicted octanol–water partition coefficient (Wildman–Crippen LogP) is 3.03. The molecule has 0 spiro atoms. The van der Waals surface area contributed by atoms with Crippen LogP contribution in [0.3, 0.4) is 0 Å². The van der Waals surface area contributed by atoms with Crippen LogP contribution in [0.5, 0.6) is 0 Å². The summed E-state index contributed by atoms with van der Waals surface area (Å²) in [6, 6.07) is 11.5. The second-order valence-electron chi connectivity index (χ2n) is 5.67. The Morgan fingerprint density at radius 3 is 2.96 bits per heavy atom. The number of aryl methyl sites for hydroxylation is 1. The number of hydrogen-bond acceptors (Lipinski definition) is 4. The molecule has 2 aromatic rings. The minimum absolute atomic E-state index is 0.0141. The van der Waals surface area contributed by atoms with Crippen molar-refractivity contribution >= 4 is 18.0 Å². The van der Waals surface area contributed by atoms with Gasteiger partial charge in [-0.15, -0.1) is 0 Å². The van der Waals surface area contributed by atoms with Gasteiger partial charge in [-0.25, -0.2) is 4.79 Å².